The summed E-state index contributed by atoms with van der Waals surface area (Å²) in [5, 5.41) is 2.53. The number of allylic oxidation sites excluding steroid dienone is 5. The van der Waals surface area contributed by atoms with Crippen molar-refractivity contribution in [3.63, 3.8) is 0 Å². The van der Waals surface area contributed by atoms with Gasteiger partial charge in [0.2, 0.25) is 0 Å². The van der Waals surface area contributed by atoms with Crippen molar-refractivity contribution in [1.29, 1.82) is 0 Å². The van der Waals surface area contributed by atoms with E-state index in [1.165, 1.54) is 22.0 Å². The molecule has 6 nitrogen and oxygen atoms in total. The van der Waals surface area contributed by atoms with Crippen LogP contribution >= 0.6 is 58.7 Å². The number of hydrogen-bond donors (Lipinski definition) is 3. The molecule has 0 radical (unpaired) electrons. The van der Waals surface area contributed by atoms with E-state index in [9.17, 15) is 14.4 Å². The summed E-state index contributed by atoms with van der Waals surface area (Å²) in [5.41, 5.74) is 2.59. The van der Waals surface area contributed by atoms with E-state index in [0.717, 1.165) is 29.3 Å². The van der Waals surface area contributed by atoms with Gasteiger partial charge in [0, 0.05) is 17.2 Å². The number of carbonyl (C=O) groups is 3. The van der Waals surface area contributed by atoms with Gasteiger partial charge >= 0.3 is 147 Å². The minimum atomic E-state index is -2.74. The first-order valence-corrected chi connectivity index (χ1v) is 24.2. The minimum absolute atomic E-state index is 0.0278. The Morgan fingerprint density at radius 1 is 0.542 bits per heavy atom. The average molecular weight is 928 g/mol. The summed E-state index contributed by atoms with van der Waals surface area (Å²) in [6, 6.07) is 35.6. The van der Waals surface area contributed by atoms with E-state index < -0.39 is 5.31 Å². The van der Waals surface area contributed by atoms with Gasteiger partial charge < -0.3 is 13.3 Å². The van der Waals surface area contributed by atoms with Crippen molar-refractivity contribution < 1.29 is 27.6 Å². The molecule has 0 amide bonds. The van der Waals surface area contributed by atoms with Crippen LogP contribution in [0.1, 0.15) is 81.6 Å². The molecule has 3 heterocycles. The molecule has 6 aromatic rings. The molecule has 0 aliphatic heterocycles. The molecule has 3 aromatic carbocycles. The summed E-state index contributed by atoms with van der Waals surface area (Å²) < 4.78 is 15.4. The van der Waals surface area contributed by atoms with Gasteiger partial charge in [0.15, 0.2) is 39.9 Å². The number of furan rings is 3. The van der Waals surface area contributed by atoms with E-state index in [-0.39, 0.29) is 16.4 Å². The third-order valence-corrected chi connectivity index (χ3v) is 19.0. The van der Waals surface area contributed by atoms with Crippen molar-refractivity contribution >= 4 is 118 Å². The number of rotatable bonds is 12. The maximum absolute atomic E-state index is 10.8. The van der Waals surface area contributed by atoms with Gasteiger partial charge in [-0.25, -0.2) is 0 Å². The number of carbonyl (C=O) groups excluding carboxylic acids is 3. The summed E-state index contributed by atoms with van der Waals surface area (Å²) in [7, 11) is 0. The van der Waals surface area contributed by atoms with Crippen molar-refractivity contribution in [2.24, 2.45) is 0 Å². The first kappa shape index (κ1) is 48.5. The first-order valence-electron chi connectivity index (χ1n) is 18.4. The largest absolute Gasteiger partial charge is 0.447 e. The van der Waals surface area contributed by atoms with E-state index in [4.69, 9.17) is 13.3 Å². The Hall–Kier alpha value is -4.83. The smallest absolute Gasteiger partial charge is 0.186 e. The average Bonchev–Trinajstić information content (AvgIpc) is 3.91. The van der Waals surface area contributed by atoms with E-state index in [0.29, 0.717) is 34.1 Å². The Labute approximate surface area is 371 Å². The predicted molar refractivity (Wildman–Crippen MR) is 262 cm³/mol. The first-order chi connectivity index (χ1) is 28.5. The van der Waals surface area contributed by atoms with E-state index in [1.54, 1.807) is 0 Å². The standard InChI is InChI=1S/C21H20BrP.C11H12O2S.C10H12OS.C6H4O3S/c1-2-18-23(22,19-12-6-3-7-13-19,20-14-8-4-9-15-20)21-16-10-5-11-17-21;1-3-5-8-9(7-12)11(14)13-10(8)6-4-2;1-3-5-8-7-10(12)11-9(8)6-4-2;7-2-4-1-6(10)9-5(4)3-8/h2-17H,1,18H2;3-7,14H,1-2H3;3-7,12H,1-2H3;1-3,10H/b;2*5-3+,6-4+;. The van der Waals surface area contributed by atoms with Crippen molar-refractivity contribution in [2.45, 2.75) is 43.0 Å². The predicted octanol–water partition coefficient (Wildman–Crippen LogP) is 13.3. The van der Waals surface area contributed by atoms with Crippen LogP contribution in [0.4, 0.5) is 0 Å². The molecule has 0 N–H and O–H groups in total. The van der Waals surface area contributed by atoms with Crippen LogP contribution in [0.25, 0.3) is 24.3 Å². The molecule has 0 saturated carbocycles. The van der Waals surface area contributed by atoms with Crippen LogP contribution in [-0.2, 0) is 0 Å². The van der Waals surface area contributed by atoms with Gasteiger partial charge in [-0.3, -0.25) is 14.4 Å². The topological polar surface area (TPSA) is 90.6 Å². The second-order valence-electron chi connectivity index (χ2n) is 12.4. The van der Waals surface area contributed by atoms with Gasteiger partial charge in [0.05, 0.1) is 11.1 Å². The quantitative estimate of drug-likeness (QED) is 0.0490. The van der Waals surface area contributed by atoms with E-state index >= 15 is 0 Å². The molecule has 0 atom stereocenters. The van der Waals surface area contributed by atoms with Gasteiger partial charge in [-0.1, -0.05) is 36.5 Å². The summed E-state index contributed by atoms with van der Waals surface area (Å²) in [6.45, 7) is 11.8. The molecule has 306 valence electrons. The zero-order valence-electron chi connectivity index (χ0n) is 33.3. The second kappa shape index (κ2) is 24.3. The third kappa shape index (κ3) is 12.4. The van der Waals surface area contributed by atoms with Gasteiger partial charge in [-0.2, -0.15) is 0 Å². The Balaban J connectivity index is 0.000000223. The third-order valence-electron chi connectivity index (χ3n) is 8.57. The second-order valence-corrected chi connectivity index (χ2v) is 22.7. The molecule has 0 fully saturated rings. The summed E-state index contributed by atoms with van der Waals surface area (Å²) >= 11 is 16.3. The van der Waals surface area contributed by atoms with Crippen LogP contribution in [0.2, 0.25) is 0 Å². The molecule has 0 bridgehead atoms. The fourth-order valence-corrected chi connectivity index (χ4v) is 13.9. The zero-order valence-corrected chi connectivity index (χ0v) is 38.4. The van der Waals surface area contributed by atoms with Crippen LogP contribution in [0, 0.1) is 0 Å². The van der Waals surface area contributed by atoms with E-state index in [2.05, 4.69) is 151 Å². The molecule has 0 aliphatic carbocycles. The summed E-state index contributed by atoms with van der Waals surface area (Å²) in [5.74, 6) is 1.55. The molecule has 6 rings (SSSR count). The Bertz CT molecular complexity index is 2240. The number of thiol groups is 3. The Morgan fingerprint density at radius 3 is 1.37 bits per heavy atom. The van der Waals surface area contributed by atoms with Crippen molar-refractivity contribution in [3.8, 4) is 0 Å². The van der Waals surface area contributed by atoms with Crippen molar-refractivity contribution in [1.82, 2.24) is 0 Å². The fraction of sp³-hybridized carbons (Fsp3) is 0.104. The minimum Gasteiger partial charge on any atom is -0.447 e. The van der Waals surface area contributed by atoms with Crippen LogP contribution in [0.15, 0.2) is 169 Å². The van der Waals surface area contributed by atoms with Gasteiger partial charge in [-0.05, 0) is 45.9 Å². The maximum atomic E-state index is 10.8. The molecule has 3 aromatic heterocycles. The Kier molecular flexibility index (Phi) is 20.0. The van der Waals surface area contributed by atoms with Gasteiger partial charge in [0.1, 0.15) is 11.5 Å². The number of aldehydes is 3. The molecular weight excluding hydrogens is 880 g/mol. The molecule has 11 heteroatoms. The Morgan fingerprint density at radius 2 is 0.983 bits per heavy atom. The molecule has 59 heavy (non-hydrogen) atoms. The van der Waals surface area contributed by atoms with Crippen LogP contribution < -0.4 is 15.9 Å². The maximum Gasteiger partial charge on any atom is 0.186 e. The zero-order chi connectivity index (χ0) is 43.3. The summed E-state index contributed by atoms with van der Waals surface area (Å²) in [6.07, 6.45) is 19.9. The molecular formula is C48H48BrO6PS3. The van der Waals surface area contributed by atoms with Crippen LogP contribution in [0.5, 0.6) is 0 Å². The SMILES string of the molecule is C/C=C/c1cc(S)oc1/C=C/C.C/C=C/c1oc(S)c(C=O)c1/C=C/C.C=CCP(Br)(c1ccccc1)(c1ccccc1)c1ccccc1.O=Cc1cc(S)oc1C=O. The van der Waals surface area contributed by atoms with Crippen molar-refractivity contribution in [3.05, 3.63) is 180 Å². The monoisotopic (exact) mass is 926 g/mol. The van der Waals surface area contributed by atoms with Crippen LogP contribution in [-0.4, -0.2) is 25.0 Å². The van der Waals surface area contributed by atoms with E-state index in [1.807, 2.05) is 88.4 Å². The summed E-state index contributed by atoms with van der Waals surface area (Å²) in [4.78, 5) is 31.0. The molecule has 0 unspecified atom stereocenters. The fourth-order valence-electron chi connectivity index (χ4n) is 6.00. The number of hydrogen-bond acceptors (Lipinski definition) is 9. The number of halogens is 1. The number of benzene rings is 3. The molecule has 0 spiro atoms. The van der Waals surface area contributed by atoms with Gasteiger partial charge in [-0.15, -0.1) is 37.9 Å². The van der Waals surface area contributed by atoms with Crippen LogP contribution in [0.3, 0.4) is 0 Å². The van der Waals surface area contributed by atoms with Gasteiger partial charge in [0.25, 0.3) is 0 Å². The normalized spacial score (nSPS) is 11.8. The van der Waals surface area contributed by atoms with Crippen molar-refractivity contribution in [2.75, 3.05) is 6.16 Å². The molecule has 0 saturated heterocycles. The molecule has 0 aliphatic rings.